The average molecular weight is 557 g/mol. The summed E-state index contributed by atoms with van der Waals surface area (Å²) in [6.07, 6.45) is 6.41. The Morgan fingerprint density at radius 1 is 0.512 bits per heavy atom. The van der Waals surface area contributed by atoms with Gasteiger partial charge in [-0.2, -0.15) is 0 Å². The van der Waals surface area contributed by atoms with E-state index < -0.39 is 5.41 Å². The number of rotatable bonds is 4. The molecular formula is C39H28N2O2. The molecule has 206 valence electrons. The number of aromatic hydroxyl groups is 2. The maximum absolute atomic E-state index is 11.7. The van der Waals surface area contributed by atoms with Gasteiger partial charge in [-0.15, -0.1) is 6.42 Å². The molecule has 0 saturated heterocycles. The van der Waals surface area contributed by atoms with Crippen LogP contribution in [0, 0.1) is 12.3 Å². The molecule has 0 heterocycles. The van der Waals surface area contributed by atoms with Crippen molar-refractivity contribution in [3.8, 4) is 57.2 Å². The van der Waals surface area contributed by atoms with Gasteiger partial charge in [0.2, 0.25) is 0 Å². The molecule has 0 atom stereocenters. The Morgan fingerprint density at radius 2 is 1.05 bits per heavy atom. The first kappa shape index (κ1) is 26.0. The number of phenols is 2. The van der Waals surface area contributed by atoms with Gasteiger partial charge in [0.05, 0.1) is 16.8 Å². The van der Waals surface area contributed by atoms with E-state index >= 15 is 0 Å². The number of nitrogens with two attached hydrogens (primary N) is 2. The minimum atomic E-state index is -1.26. The van der Waals surface area contributed by atoms with Crippen molar-refractivity contribution in [2.24, 2.45) is 0 Å². The third kappa shape index (κ3) is 3.72. The zero-order valence-electron chi connectivity index (χ0n) is 23.3. The molecule has 4 heteroatoms. The third-order valence-corrected chi connectivity index (χ3v) is 8.57. The maximum Gasteiger partial charge on any atom is 0.143 e. The van der Waals surface area contributed by atoms with Crippen molar-refractivity contribution in [2.45, 2.75) is 5.41 Å². The zero-order valence-corrected chi connectivity index (χ0v) is 23.3. The van der Waals surface area contributed by atoms with Crippen LogP contribution in [0.3, 0.4) is 0 Å². The van der Waals surface area contributed by atoms with Crippen molar-refractivity contribution < 1.29 is 10.2 Å². The molecule has 4 nitrogen and oxygen atoms in total. The minimum absolute atomic E-state index is 0.0821. The molecule has 0 unspecified atom stereocenters. The highest BCUT2D eigenvalue weighted by Gasteiger charge is 2.51. The number of nitrogen functional groups attached to an aromatic ring is 2. The van der Waals surface area contributed by atoms with E-state index in [1.807, 2.05) is 78.9 Å². The van der Waals surface area contributed by atoms with Gasteiger partial charge in [-0.25, -0.2) is 0 Å². The summed E-state index contributed by atoms with van der Waals surface area (Å²) < 4.78 is 0. The van der Waals surface area contributed by atoms with Crippen LogP contribution in [0.1, 0.15) is 27.8 Å². The van der Waals surface area contributed by atoms with Gasteiger partial charge < -0.3 is 21.7 Å². The monoisotopic (exact) mass is 556 g/mol. The van der Waals surface area contributed by atoms with Crippen LogP contribution in [0.15, 0.2) is 127 Å². The van der Waals surface area contributed by atoms with Crippen LogP contribution in [0.25, 0.3) is 33.4 Å². The SMILES string of the molecule is C#Cc1c(-c2ccccc2)ccc2c1C(c1cccc(N)c1O)(c1cccc(N)c1O)c1cc(-c3ccccc3)ccc1-2. The normalized spacial score (nSPS) is 12.7. The van der Waals surface area contributed by atoms with Crippen LogP contribution in [-0.4, -0.2) is 10.2 Å². The molecule has 1 aliphatic carbocycles. The van der Waals surface area contributed by atoms with Crippen molar-refractivity contribution in [1.29, 1.82) is 0 Å². The van der Waals surface area contributed by atoms with Crippen LogP contribution in [-0.2, 0) is 5.41 Å². The predicted molar refractivity (Wildman–Crippen MR) is 175 cm³/mol. The van der Waals surface area contributed by atoms with Crippen LogP contribution >= 0.6 is 0 Å². The molecule has 0 radical (unpaired) electrons. The molecule has 6 aromatic carbocycles. The van der Waals surface area contributed by atoms with Gasteiger partial charge in [-0.3, -0.25) is 0 Å². The molecule has 0 fully saturated rings. The van der Waals surface area contributed by atoms with Gasteiger partial charge in [0.25, 0.3) is 0 Å². The summed E-state index contributed by atoms with van der Waals surface area (Å²) in [7, 11) is 0. The van der Waals surface area contributed by atoms with E-state index in [-0.39, 0.29) is 22.9 Å². The first-order valence-corrected chi connectivity index (χ1v) is 14.0. The highest BCUT2D eigenvalue weighted by Crippen LogP contribution is 2.62. The average Bonchev–Trinajstić information content (AvgIpc) is 3.34. The Balaban J connectivity index is 1.72. The summed E-state index contributed by atoms with van der Waals surface area (Å²) in [5.41, 5.74) is 20.9. The van der Waals surface area contributed by atoms with E-state index in [0.29, 0.717) is 16.7 Å². The molecule has 6 N–H and O–H groups in total. The van der Waals surface area contributed by atoms with Crippen LogP contribution in [0.5, 0.6) is 11.5 Å². The smallest absolute Gasteiger partial charge is 0.143 e. The largest absolute Gasteiger partial charge is 0.505 e. The van der Waals surface area contributed by atoms with E-state index in [1.165, 1.54) is 0 Å². The number of hydrogen-bond acceptors (Lipinski definition) is 4. The second-order valence-corrected chi connectivity index (χ2v) is 10.8. The van der Waals surface area contributed by atoms with E-state index in [1.54, 1.807) is 12.1 Å². The van der Waals surface area contributed by atoms with Crippen molar-refractivity contribution in [3.05, 3.63) is 155 Å². The van der Waals surface area contributed by atoms with Gasteiger partial charge in [0, 0.05) is 16.7 Å². The molecule has 43 heavy (non-hydrogen) atoms. The van der Waals surface area contributed by atoms with Gasteiger partial charge in [0.15, 0.2) is 0 Å². The first-order chi connectivity index (χ1) is 21.0. The number of anilines is 2. The molecule has 1 aliphatic rings. The van der Waals surface area contributed by atoms with Crippen molar-refractivity contribution in [1.82, 2.24) is 0 Å². The Kier molecular flexibility index (Phi) is 5.97. The predicted octanol–water partition coefficient (Wildman–Crippen LogP) is 7.94. The molecular weight excluding hydrogens is 528 g/mol. The Bertz CT molecular complexity index is 2020. The first-order valence-electron chi connectivity index (χ1n) is 14.0. The summed E-state index contributed by atoms with van der Waals surface area (Å²) in [5.74, 6) is 2.85. The van der Waals surface area contributed by atoms with E-state index in [2.05, 4.69) is 42.3 Å². The Morgan fingerprint density at radius 3 is 1.63 bits per heavy atom. The minimum Gasteiger partial charge on any atom is -0.505 e. The summed E-state index contributed by atoms with van der Waals surface area (Å²) >= 11 is 0. The second kappa shape index (κ2) is 9.87. The summed E-state index contributed by atoms with van der Waals surface area (Å²) in [6, 6.07) is 41.1. The molecule has 0 saturated carbocycles. The fourth-order valence-corrected chi connectivity index (χ4v) is 6.69. The lowest BCUT2D eigenvalue weighted by Crippen LogP contribution is -2.30. The number of hydrogen-bond donors (Lipinski definition) is 4. The molecule has 0 spiro atoms. The number of phenolic OH excluding ortho intramolecular Hbond substituents is 2. The Labute approximate surface area is 250 Å². The number of fused-ring (bicyclic) bond motifs is 3. The molecule has 0 amide bonds. The Hall–Kier alpha value is -5.92. The van der Waals surface area contributed by atoms with E-state index in [4.69, 9.17) is 17.9 Å². The van der Waals surface area contributed by atoms with Gasteiger partial charge in [0.1, 0.15) is 11.5 Å². The van der Waals surface area contributed by atoms with E-state index in [0.717, 1.165) is 44.5 Å². The highest BCUT2D eigenvalue weighted by molar-refractivity contribution is 5.95. The molecule has 6 aromatic rings. The fraction of sp³-hybridized carbons (Fsp3) is 0.0256. The lowest BCUT2D eigenvalue weighted by atomic mass is 9.65. The van der Waals surface area contributed by atoms with Crippen molar-refractivity contribution in [2.75, 3.05) is 11.5 Å². The van der Waals surface area contributed by atoms with Gasteiger partial charge in [-0.05, 0) is 62.7 Å². The molecule has 0 aromatic heterocycles. The van der Waals surface area contributed by atoms with Crippen molar-refractivity contribution >= 4 is 11.4 Å². The summed E-state index contributed by atoms with van der Waals surface area (Å²) in [4.78, 5) is 0. The fourth-order valence-electron chi connectivity index (χ4n) is 6.69. The number of terminal acetylenes is 1. The van der Waals surface area contributed by atoms with Crippen LogP contribution in [0.4, 0.5) is 11.4 Å². The van der Waals surface area contributed by atoms with Crippen LogP contribution < -0.4 is 11.5 Å². The van der Waals surface area contributed by atoms with Crippen LogP contribution in [0.2, 0.25) is 0 Å². The standard InChI is InChI=1S/C39H28N2O2/c1-2-27-28(25-13-7-4-8-14-25)21-22-30-29-20-19-26(24-11-5-3-6-12-24)23-33(29)39(36(27)30,31-15-9-17-34(40)37(31)42)32-16-10-18-35(41)38(32)43/h1,3-23,42-43H,40-41H2. The van der Waals surface area contributed by atoms with E-state index in [9.17, 15) is 10.2 Å². The molecule has 7 rings (SSSR count). The highest BCUT2D eigenvalue weighted by atomic mass is 16.3. The number of para-hydroxylation sites is 2. The quantitative estimate of drug-likeness (QED) is 0.101. The number of benzene rings is 6. The lowest BCUT2D eigenvalue weighted by Gasteiger charge is -2.36. The van der Waals surface area contributed by atoms with Gasteiger partial charge in [-0.1, -0.05) is 115 Å². The van der Waals surface area contributed by atoms with Gasteiger partial charge >= 0.3 is 0 Å². The third-order valence-electron chi connectivity index (χ3n) is 8.57. The zero-order chi connectivity index (χ0) is 29.7. The lowest BCUT2D eigenvalue weighted by molar-refractivity contribution is 0.451. The summed E-state index contributed by atoms with van der Waals surface area (Å²) in [5, 5.41) is 23.5. The second-order valence-electron chi connectivity index (χ2n) is 10.8. The molecule has 0 bridgehead atoms. The van der Waals surface area contributed by atoms with Crippen molar-refractivity contribution in [3.63, 3.8) is 0 Å². The topological polar surface area (TPSA) is 92.5 Å². The molecule has 0 aliphatic heterocycles. The maximum atomic E-state index is 11.7. The summed E-state index contributed by atoms with van der Waals surface area (Å²) in [6.45, 7) is 0.